The lowest BCUT2D eigenvalue weighted by molar-refractivity contribution is 0.934. The largest absolute Gasteiger partial charge is 0.236 e. The lowest BCUT2D eigenvalue weighted by Crippen LogP contribution is -2.27. The van der Waals surface area contributed by atoms with Gasteiger partial charge >= 0.3 is 0 Å². The molecule has 3 rings (SSSR count). The van der Waals surface area contributed by atoms with Gasteiger partial charge in [-0.05, 0) is 6.07 Å². The van der Waals surface area contributed by atoms with Crippen LogP contribution in [0.15, 0.2) is 34.3 Å². The average Bonchev–Trinajstić information content (AvgIpc) is 2.99. The first-order valence-corrected chi connectivity index (χ1v) is 6.75. The van der Waals surface area contributed by atoms with Crippen LogP contribution in [0.1, 0.15) is 17.2 Å². The molecule has 0 saturated heterocycles. The van der Waals surface area contributed by atoms with Gasteiger partial charge in [-0.3, -0.25) is 0 Å². The van der Waals surface area contributed by atoms with Gasteiger partial charge in [0.25, 0.3) is 0 Å². The van der Waals surface area contributed by atoms with Gasteiger partial charge < -0.3 is 0 Å². The zero-order chi connectivity index (χ0) is 16.9. The van der Waals surface area contributed by atoms with Crippen LogP contribution in [0.3, 0.4) is 0 Å². The molecular weight excluding hydrogens is 306 g/mol. The minimum atomic E-state index is -0.0298. The first kappa shape index (κ1) is 14.9. The Labute approximate surface area is 135 Å². The Morgan fingerprint density at radius 1 is 0.917 bits per heavy atom. The van der Waals surface area contributed by atoms with Crippen LogP contribution in [-0.2, 0) is 12.8 Å². The van der Waals surface area contributed by atoms with Gasteiger partial charge in [-0.25, -0.2) is 29.9 Å². The summed E-state index contributed by atoms with van der Waals surface area (Å²) in [6, 6.07) is 7.46. The Morgan fingerprint density at radius 3 is 2.17 bits per heavy atom. The highest BCUT2D eigenvalue weighted by Gasteiger charge is 2.16. The van der Waals surface area contributed by atoms with Crippen molar-refractivity contribution in [1.82, 2.24) is 19.9 Å². The highest BCUT2D eigenvalue weighted by atomic mass is 15.1. The van der Waals surface area contributed by atoms with Gasteiger partial charge in [0.15, 0.2) is 16.8 Å². The topological polar surface area (TPSA) is 148 Å². The van der Waals surface area contributed by atoms with Crippen LogP contribution in [0.25, 0.3) is 5.57 Å². The van der Waals surface area contributed by atoms with Crippen molar-refractivity contribution in [3.8, 4) is 18.2 Å². The summed E-state index contributed by atoms with van der Waals surface area (Å²) in [7, 11) is 0. The Balaban J connectivity index is 2.18. The van der Waals surface area contributed by atoms with E-state index in [0.29, 0.717) is 16.7 Å². The van der Waals surface area contributed by atoms with Crippen molar-refractivity contribution < 1.29 is 0 Å². The molecule has 1 aliphatic rings. The number of rotatable bonds is 3. The van der Waals surface area contributed by atoms with E-state index in [9.17, 15) is 5.26 Å². The van der Waals surface area contributed by atoms with Crippen molar-refractivity contribution in [2.24, 2.45) is 9.98 Å². The van der Waals surface area contributed by atoms with Gasteiger partial charge in [0, 0.05) is 12.4 Å². The van der Waals surface area contributed by atoms with Crippen molar-refractivity contribution in [2.75, 3.05) is 0 Å². The molecule has 0 aliphatic carbocycles. The summed E-state index contributed by atoms with van der Waals surface area (Å²) in [6.07, 6.45) is 2.97. The van der Waals surface area contributed by atoms with Gasteiger partial charge in [-0.1, -0.05) is 0 Å². The fourth-order valence-electron chi connectivity index (χ4n) is 2.04. The number of aromatic nitrogens is 4. The SMILES string of the molecule is N#CCc1cc(C(C#N)=C2N=c3nccnc3=N2)nc(CC#N)n1. The molecule has 1 aliphatic heterocycles. The molecule has 24 heavy (non-hydrogen) atoms. The maximum Gasteiger partial charge on any atom is 0.199 e. The maximum absolute atomic E-state index is 9.50. The molecular formula is C15H7N9. The fourth-order valence-corrected chi connectivity index (χ4v) is 2.04. The van der Waals surface area contributed by atoms with Gasteiger partial charge in [0.05, 0.1) is 36.4 Å². The van der Waals surface area contributed by atoms with Crippen LogP contribution in [0.4, 0.5) is 0 Å². The average molecular weight is 313 g/mol. The van der Waals surface area contributed by atoms with Crippen molar-refractivity contribution in [3.05, 3.63) is 52.5 Å². The third-order valence-electron chi connectivity index (χ3n) is 3.00. The predicted octanol–water partition coefficient (Wildman–Crippen LogP) is -0.456. The van der Waals surface area contributed by atoms with Crippen LogP contribution in [0, 0.1) is 34.0 Å². The van der Waals surface area contributed by atoms with Crippen molar-refractivity contribution in [3.63, 3.8) is 0 Å². The van der Waals surface area contributed by atoms with Crippen LogP contribution >= 0.6 is 0 Å². The van der Waals surface area contributed by atoms with Crippen molar-refractivity contribution in [2.45, 2.75) is 12.8 Å². The molecule has 9 heteroatoms. The third kappa shape index (κ3) is 2.80. The molecule has 0 saturated carbocycles. The minimum Gasteiger partial charge on any atom is -0.236 e. The second kappa shape index (κ2) is 6.39. The quantitative estimate of drug-likeness (QED) is 0.696. The minimum absolute atomic E-state index is 0.0298. The predicted molar refractivity (Wildman–Crippen MR) is 77.5 cm³/mol. The summed E-state index contributed by atoms with van der Waals surface area (Å²) in [5.41, 5.74) is 1.44. The number of fused-ring (bicyclic) bond motifs is 1. The van der Waals surface area contributed by atoms with Crippen LogP contribution in [0.5, 0.6) is 0 Å². The highest BCUT2D eigenvalue weighted by Crippen LogP contribution is 2.19. The molecule has 0 amide bonds. The van der Waals surface area contributed by atoms with E-state index in [1.54, 1.807) is 0 Å². The monoisotopic (exact) mass is 313 g/mol. The molecule has 2 aromatic heterocycles. The van der Waals surface area contributed by atoms with Gasteiger partial charge in [-0.2, -0.15) is 15.8 Å². The number of hydrogen-bond acceptors (Lipinski definition) is 9. The normalized spacial score (nSPS) is 11.3. The number of nitriles is 3. The third-order valence-corrected chi connectivity index (χ3v) is 3.00. The summed E-state index contributed by atoms with van der Waals surface area (Å²) < 4.78 is 0. The molecule has 0 spiro atoms. The maximum atomic E-state index is 9.50. The van der Waals surface area contributed by atoms with E-state index in [-0.39, 0.29) is 35.8 Å². The first-order chi connectivity index (χ1) is 11.7. The molecule has 0 fully saturated rings. The second-order valence-corrected chi connectivity index (χ2v) is 4.57. The molecule has 0 atom stereocenters. The molecule has 0 N–H and O–H groups in total. The molecule has 9 nitrogen and oxygen atoms in total. The Bertz CT molecular complexity index is 1020. The van der Waals surface area contributed by atoms with Gasteiger partial charge in [-0.15, -0.1) is 0 Å². The number of allylic oxidation sites excluding steroid dienone is 1. The van der Waals surface area contributed by atoms with Crippen molar-refractivity contribution in [1.29, 1.82) is 15.8 Å². The van der Waals surface area contributed by atoms with E-state index >= 15 is 0 Å². The molecule has 0 aromatic carbocycles. The van der Waals surface area contributed by atoms with E-state index in [2.05, 4.69) is 29.9 Å². The number of hydrogen-bond donors (Lipinski definition) is 0. The summed E-state index contributed by atoms with van der Waals surface area (Å²) in [5, 5.41) is 27.2. The summed E-state index contributed by atoms with van der Waals surface area (Å²) >= 11 is 0. The molecule has 2 aromatic rings. The van der Waals surface area contributed by atoms with E-state index in [0.717, 1.165) is 0 Å². The lowest BCUT2D eigenvalue weighted by atomic mass is 10.1. The Morgan fingerprint density at radius 2 is 1.58 bits per heavy atom. The highest BCUT2D eigenvalue weighted by molar-refractivity contribution is 5.77. The van der Waals surface area contributed by atoms with E-state index in [1.165, 1.54) is 18.5 Å². The van der Waals surface area contributed by atoms with Crippen LogP contribution in [0.2, 0.25) is 0 Å². The lowest BCUT2D eigenvalue weighted by Gasteiger charge is -2.04. The molecule has 0 bridgehead atoms. The number of nitrogens with zero attached hydrogens (tertiary/aromatic N) is 9. The first-order valence-electron chi connectivity index (χ1n) is 6.75. The van der Waals surface area contributed by atoms with E-state index < -0.39 is 0 Å². The van der Waals surface area contributed by atoms with E-state index in [1.807, 2.05) is 18.2 Å². The summed E-state index contributed by atoms with van der Waals surface area (Å²) in [6.45, 7) is 0. The van der Waals surface area contributed by atoms with E-state index in [4.69, 9.17) is 10.5 Å². The molecule has 3 heterocycles. The van der Waals surface area contributed by atoms with Crippen molar-refractivity contribution >= 4 is 5.57 Å². The summed E-state index contributed by atoms with van der Waals surface area (Å²) in [5.74, 6) is 0.378. The fraction of sp³-hybridized carbons (Fsp3) is 0.133. The molecule has 0 unspecified atom stereocenters. The molecule has 0 radical (unpaired) electrons. The Kier molecular flexibility index (Phi) is 3.96. The zero-order valence-electron chi connectivity index (χ0n) is 12.2. The Hall–Kier alpha value is -4.03. The van der Waals surface area contributed by atoms with Gasteiger partial charge in [0.2, 0.25) is 0 Å². The smallest absolute Gasteiger partial charge is 0.199 e. The van der Waals surface area contributed by atoms with Gasteiger partial charge in [0.1, 0.15) is 17.5 Å². The van der Waals surface area contributed by atoms with Crippen LogP contribution < -0.4 is 11.0 Å². The molecule has 112 valence electrons. The standard InChI is InChI=1S/C15H7N9/c16-3-1-9-7-11(22-12(21-9)2-4-17)10(8-18)13-23-14-15(24-13)20-6-5-19-14/h5-7H,1-2H2. The zero-order valence-corrected chi connectivity index (χ0v) is 12.2. The summed E-state index contributed by atoms with van der Waals surface area (Å²) in [4.78, 5) is 24.7. The van der Waals surface area contributed by atoms with Crippen LogP contribution in [-0.4, -0.2) is 19.9 Å². The second-order valence-electron chi connectivity index (χ2n) is 4.57.